The van der Waals surface area contributed by atoms with Gasteiger partial charge in [-0.2, -0.15) is 8.78 Å². The van der Waals surface area contributed by atoms with Gasteiger partial charge in [0.25, 0.3) is 11.7 Å². The normalized spacial score (nSPS) is 10.2. The summed E-state index contributed by atoms with van der Waals surface area (Å²) in [4.78, 5) is 12.3. The largest absolute Gasteiger partial charge is 0.495 e. The minimum atomic E-state index is -2.47. The van der Waals surface area contributed by atoms with Gasteiger partial charge in [-0.05, 0) is 48.6 Å². The van der Waals surface area contributed by atoms with Crippen molar-refractivity contribution in [1.29, 1.82) is 0 Å². The zero-order valence-electron chi connectivity index (χ0n) is 14.3. The molecule has 0 atom stereocenters. The van der Waals surface area contributed by atoms with Crippen LogP contribution in [0.15, 0.2) is 53.4 Å². The number of anilines is 2. The molecular weight excluding hydrogens is 394 g/mol. The zero-order chi connectivity index (χ0) is 19.6. The standard InChI is InChI=1S/C17H18F2N4O2S2/c1-25-14-5-3-2-4-13(14)20-10-15(24)22-23-17(26)21-11-6-8-12(9-7-11)27-16(18)19/h2-9,16,20H,10H2,1H3,(H,22,24)(H2,21,23,26). The molecule has 0 bridgehead atoms. The number of carbonyl (C=O) groups is 1. The van der Waals surface area contributed by atoms with Crippen LogP contribution in [0.4, 0.5) is 20.2 Å². The molecule has 0 saturated carbocycles. The number of amides is 1. The fourth-order valence-corrected chi connectivity index (χ4v) is 2.69. The lowest BCUT2D eigenvalue weighted by molar-refractivity contribution is -0.119. The van der Waals surface area contributed by atoms with Crippen molar-refractivity contribution in [3.05, 3.63) is 48.5 Å². The second-order valence-corrected chi connectivity index (χ2v) is 6.56. The molecule has 0 radical (unpaired) electrons. The fourth-order valence-electron chi connectivity index (χ4n) is 2.02. The maximum Gasteiger partial charge on any atom is 0.288 e. The Morgan fingerprint density at radius 3 is 2.52 bits per heavy atom. The third kappa shape index (κ3) is 7.27. The van der Waals surface area contributed by atoms with Gasteiger partial charge < -0.3 is 15.4 Å². The molecular formula is C17H18F2N4O2S2. The Hall–Kier alpha value is -2.59. The number of nitrogens with one attached hydrogen (secondary N) is 4. The molecule has 6 nitrogen and oxygen atoms in total. The summed E-state index contributed by atoms with van der Waals surface area (Å²) < 4.78 is 29.8. The summed E-state index contributed by atoms with van der Waals surface area (Å²) in [5.74, 6) is -2.18. The van der Waals surface area contributed by atoms with Crippen molar-refractivity contribution in [2.45, 2.75) is 10.7 Å². The average molecular weight is 412 g/mol. The lowest BCUT2D eigenvalue weighted by atomic mass is 10.3. The topological polar surface area (TPSA) is 74.4 Å². The van der Waals surface area contributed by atoms with Crippen LogP contribution in [0, 0.1) is 0 Å². The highest BCUT2D eigenvalue weighted by atomic mass is 32.2. The van der Waals surface area contributed by atoms with E-state index < -0.39 is 5.76 Å². The van der Waals surface area contributed by atoms with Crippen LogP contribution < -0.4 is 26.2 Å². The number of alkyl halides is 2. The van der Waals surface area contributed by atoms with Gasteiger partial charge in [-0.15, -0.1) is 0 Å². The first-order chi connectivity index (χ1) is 13.0. The van der Waals surface area contributed by atoms with E-state index in [1.54, 1.807) is 43.5 Å². The number of methoxy groups -OCH3 is 1. The Morgan fingerprint density at radius 2 is 1.85 bits per heavy atom. The van der Waals surface area contributed by atoms with Gasteiger partial charge in [0.2, 0.25) is 0 Å². The van der Waals surface area contributed by atoms with E-state index in [0.717, 1.165) is 0 Å². The van der Waals surface area contributed by atoms with Gasteiger partial charge in [-0.3, -0.25) is 15.6 Å². The Labute approximate surface area is 165 Å². The second-order valence-electron chi connectivity index (χ2n) is 5.08. The minimum absolute atomic E-state index is 0.00946. The summed E-state index contributed by atoms with van der Waals surface area (Å²) in [7, 11) is 1.55. The van der Waals surface area contributed by atoms with Gasteiger partial charge in [-0.1, -0.05) is 23.9 Å². The lowest BCUT2D eigenvalue weighted by Gasteiger charge is -2.13. The quantitative estimate of drug-likeness (QED) is 0.315. The van der Waals surface area contributed by atoms with Crippen molar-refractivity contribution in [3.8, 4) is 5.75 Å². The monoisotopic (exact) mass is 412 g/mol. The first-order valence-electron chi connectivity index (χ1n) is 7.75. The molecule has 2 aromatic rings. The molecule has 0 unspecified atom stereocenters. The predicted molar refractivity (Wildman–Crippen MR) is 107 cm³/mol. The smallest absolute Gasteiger partial charge is 0.288 e. The molecule has 2 rings (SSSR count). The lowest BCUT2D eigenvalue weighted by Crippen LogP contribution is -2.45. The molecule has 144 valence electrons. The Morgan fingerprint density at radius 1 is 1.15 bits per heavy atom. The van der Waals surface area contributed by atoms with Crippen LogP contribution in [0.1, 0.15) is 0 Å². The van der Waals surface area contributed by atoms with Crippen LogP contribution in [0.25, 0.3) is 0 Å². The number of rotatable bonds is 7. The van der Waals surface area contributed by atoms with Crippen molar-refractivity contribution in [2.24, 2.45) is 0 Å². The number of halogens is 2. The van der Waals surface area contributed by atoms with Crippen LogP contribution in [-0.4, -0.2) is 30.4 Å². The fraction of sp³-hybridized carbons (Fsp3) is 0.176. The number of ether oxygens (including phenoxy) is 1. The molecule has 0 aliphatic heterocycles. The second kappa shape index (κ2) is 10.5. The maximum atomic E-state index is 12.3. The van der Waals surface area contributed by atoms with Crippen LogP contribution in [0.5, 0.6) is 5.75 Å². The molecule has 0 aliphatic carbocycles. The van der Waals surface area contributed by atoms with Gasteiger partial charge in [-0.25, -0.2) is 0 Å². The predicted octanol–water partition coefficient (Wildman–Crippen LogP) is 3.44. The molecule has 0 fully saturated rings. The van der Waals surface area contributed by atoms with Crippen molar-refractivity contribution in [3.63, 3.8) is 0 Å². The van der Waals surface area contributed by atoms with Crippen molar-refractivity contribution in [2.75, 3.05) is 24.3 Å². The summed E-state index contributed by atoms with van der Waals surface area (Å²) >= 11 is 5.54. The Kier molecular flexibility index (Phi) is 8.08. The number of thioether (sulfide) groups is 1. The van der Waals surface area contributed by atoms with Crippen molar-refractivity contribution >= 4 is 46.4 Å². The molecule has 0 saturated heterocycles. The third-order valence-corrected chi connectivity index (χ3v) is 4.13. The van der Waals surface area contributed by atoms with Gasteiger partial charge >= 0.3 is 0 Å². The molecule has 4 N–H and O–H groups in total. The van der Waals surface area contributed by atoms with E-state index in [1.165, 1.54) is 0 Å². The minimum Gasteiger partial charge on any atom is -0.495 e. The molecule has 1 amide bonds. The van der Waals surface area contributed by atoms with E-state index in [4.69, 9.17) is 17.0 Å². The van der Waals surface area contributed by atoms with Crippen molar-refractivity contribution in [1.82, 2.24) is 10.9 Å². The number of benzene rings is 2. The highest BCUT2D eigenvalue weighted by molar-refractivity contribution is 7.99. The van der Waals surface area contributed by atoms with Gasteiger partial charge in [0.1, 0.15) is 5.75 Å². The summed E-state index contributed by atoms with van der Waals surface area (Å²) in [6, 6.07) is 13.6. The average Bonchev–Trinajstić information content (AvgIpc) is 2.66. The van der Waals surface area contributed by atoms with E-state index in [1.807, 2.05) is 12.1 Å². The number of carbonyl (C=O) groups excluding carboxylic acids is 1. The Balaban J connectivity index is 1.74. The molecule has 0 spiro atoms. The van der Waals surface area contributed by atoms with E-state index >= 15 is 0 Å². The van der Waals surface area contributed by atoms with Crippen LogP contribution in [0.3, 0.4) is 0 Å². The molecule has 10 heteroatoms. The number of thiocarbonyl (C=S) groups is 1. The molecule has 2 aromatic carbocycles. The first-order valence-corrected chi connectivity index (χ1v) is 9.04. The van der Waals surface area contributed by atoms with E-state index in [9.17, 15) is 13.6 Å². The first kappa shape index (κ1) is 20.7. The van der Waals surface area contributed by atoms with E-state index in [-0.39, 0.29) is 17.6 Å². The Bertz CT molecular complexity index is 776. The summed E-state index contributed by atoms with van der Waals surface area (Å²) in [6.45, 7) is 0.00946. The molecule has 0 heterocycles. The summed E-state index contributed by atoms with van der Waals surface area (Å²) in [5.41, 5.74) is 6.31. The molecule has 0 aromatic heterocycles. The van der Waals surface area contributed by atoms with E-state index in [2.05, 4.69) is 21.5 Å². The van der Waals surface area contributed by atoms with E-state index in [0.29, 0.717) is 33.8 Å². The highest BCUT2D eigenvalue weighted by Crippen LogP contribution is 2.26. The SMILES string of the molecule is COc1ccccc1NCC(=O)NNC(=S)Nc1ccc(SC(F)F)cc1. The van der Waals surface area contributed by atoms with Gasteiger partial charge in [0.15, 0.2) is 5.11 Å². The molecule has 27 heavy (non-hydrogen) atoms. The van der Waals surface area contributed by atoms with Crippen molar-refractivity contribution < 1.29 is 18.3 Å². The van der Waals surface area contributed by atoms with Gasteiger partial charge in [0.05, 0.1) is 19.3 Å². The van der Waals surface area contributed by atoms with Crippen LogP contribution in [0.2, 0.25) is 0 Å². The van der Waals surface area contributed by atoms with Crippen LogP contribution in [-0.2, 0) is 4.79 Å². The highest BCUT2D eigenvalue weighted by Gasteiger charge is 2.07. The number of hydrogen-bond acceptors (Lipinski definition) is 5. The van der Waals surface area contributed by atoms with Gasteiger partial charge in [0, 0.05) is 10.6 Å². The molecule has 0 aliphatic rings. The summed E-state index contributed by atoms with van der Waals surface area (Å²) in [5, 5.41) is 5.96. The zero-order valence-corrected chi connectivity index (χ0v) is 15.9. The maximum absolute atomic E-state index is 12.3. The number of hydrazine groups is 1. The number of hydrogen-bond donors (Lipinski definition) is 4. The third-order valence-electron chi connectivity index (χ3n) is 3.20. The number of para-hydroxylation sites is 2. The summed E-state index contributed by atoms with van der Waals surface area (Å²) in [6.07, 6.45) is 0. The van der Waals surface area contributed by atoms with Crippen LogP contribution >= 0.6 is 24.0 Å².